The van der Waals surface area contributed by atoms with Crippen molar-refractivity contribution in [3.8, 4) is 10.7 Å². The molecule has 2 N–H and O–H groups in total. The Morgan fingerprint density at radius 3 is 2.65 bits per heavy atom. The van der Waals surface area contributed by atoms with Gasteiger partial charge >= 0.3 is 0 Å². The monoisotopic (exact) mass is 365 g/mol. The van der Waals surface area contributed by atoms with Crippen LogP contribution in [-0.2, 0) is 4.79 Å². The topological polar surface area (TPSA) is 79.8 Å². The molecule has 1 unspecified atom stereocenters. The number of nitrogens with one attached hydrogen (secondary N) is 2. The first-order chi connectivity index (χ1) is 12.7. The molecule has 1 fully saturated rings. The number of pyridine rings is 1. The molecular formula is C19H19N5OS. The SMILES string of the molecule is CC(Nc1nnc(-c2ccccn2)s1)c1ccc(NC(=O)C2CC2)cc1. The van der Waals surface area contributed by atoms with Gasteiger partial charge in [0.25, 0.3) is 0 Å². The molecule has 6 nitrogen and oxygen atoms in total. The van der Waals surface area contributed by atoms with Gasteiger partial charge in [0.1, 0.15) is 5.69 Å². The molecule has 3 aromatic rings. The molecule has 26 heavy (non-hydrogen) atoms. The molecule has 7 heteroatoms. The second-order valence-corrected chi connectivity index (χ2v) is 7.36. The second kappa shape index (κ2) is 7.21. The number of nitrogens with zero attached hydrogens (tertiary/aromatic N) is 3. The molecule has 1 amide bonds. The molecule has 1 atom stereocenters. The van der Waals surface area contributed by atoms with Gasteiger partial charge in [0, 0.05) is 17.8 Å². The number of aromatic nitrogens is 3. The van der Waals surface area contributed by atoms with Crippen molar-refractivity contribution < 1.29 is 4.79 Å². The number of amides is 1. The van der Waals surface area contributed by atoms with Crippen molar-refractivity contribution >= 4 is 28.1 Å². The van der Waals surface area contributed by atoms with Crippen LogP contribution in [0.4, 0.5) is 10.8 Å². The van der Waals surface area contributed by atoms with E-state index in [0.29, 0.717) is 0 Å². The summed E-state index contributed by atoms with van der Waals surface area (Å²) in [4.78, 5) is 16.1. The van der Waals surface area contributed by atoms with E-state index in [4.69, 9.17) is 0 Å². The smallest absolute Gasteiger partial charge is 0.227 e. The number of hydrogen-bond donors (Lipinski definition) is 2. The highest BCUT2D eigenvalue weighted by molar-refractivity contribution is 7.18. The molecule has 1 aliphatic carbocycles. The maximum atomic E-state index is 11.8. The Balaban J connectivity index is 1.39. The molecule has 0 bridgehead atoms. The van der Waals surface area contributed by atoms with E-state index in [2.05, 4.69) is 32.7 Å². The maximum Gasteiger partial charge on any atom is 0.227 e. The predicted octanol–water partition coefficient (Wildman–Crippen LogP) is 4.12. The maximum absolute atomic E-state index is 11.8. The van der Waals surface area contributed by atoms with Crippen molar-refractivity contribution in [3.63, 3.8) is 0 Å². The lowest BCUT2D eigenvalue weighted by atomic mass is 10.1. The Morgan fingerprint density at radius 2 is 1.96 bits per heavy atom. The lowest BCUT2D eigenvalue weighted by Gasteiger charge is -2.13. The fourth-order valence-corrected chi connectivity index (χ4v) is 3.40. The number of benzene rings is 1. The summed E-state index contributed by atoms with van der Waals surface area (Å²) >= 11 is 1.48. The molecule has 0 radical (unpaired) electrons. The third-order valence-electron chi connectivity index (χ3n) is 4.28. The normalized spacial score (nSPS) is 14.7. The first-order valence-corrected chi connectivity index (χ1v) is 9.43. The van der Waals surface area contributed by atoms with Gasteiger partial charge in [-0.1, -0.05) is 29.5 Å². The van der Waals surface area contributed by atoms with Crippen LogP contribution in [0.25, 0.3) is 10.7 Å². The van der Waals surface area contributed by atoms with E-state index >= 15 is 0 Å². The van der Waals surface area contributed by atoms with Gasteiger partial charge in [-0.15, -0.1) is 10.2 Å². The largest absolute Gasteiger partial charge is 0.354 e. The molecule has 0 aliphatic heterocycles. The van der Waals surface area contributed by atoms with E-state index in [1.165, 1.54) is 11.3 Å². The third kappa shape index (κ3) is 3.88. The van der Waals surface area contributed by atoms with Crippen LogP contribution in [0.2, 0.25) is 0 Å². The highest BCUT2D eigenvalue weighted by Crippen LogP contribution is 2.31. The zero-order valence-electron chi connectivity index (χ0n) is 14.3. The fraction of sp³-hybridized carbons (Fsp3) is 0.263. The number of hydrogen-bond acceptors (Lipinski definition) is 6. The van der Waals surface area contributed by atoms with Crippen LogP contribution in [-0.4, -0.2) is 21.1 Å². The van der Waals surface area contributed by atoms with Gasteiger partial charge in [0.2, 0.25) is 11.0 Å². The minimum Gasteiger partial charge on any atom is -0.354 e. The van der Waals surface area contributed by atoms with E-state index in [-0.39, 0.29) is 17.9 Å². The molecule has 2 heterocycles. The van der Waals surface area contributed by atoms with Crippen molar-refractivity contribution in [3.05, 3.63) is 54.2 Å². The van der Waals surface area contributed by atoms with E-state index in [1.807, 2.05) is 42.5 Å². The minimum absolute atomic E-state index is 0.0766. The molecule has 0 spiro atoms. The Kier molecular flexibility index (Phi) is 4.62. The first kappa shape index (κ1) is 16.7. The van der Waals surface area contributed by atoms with Crippen molar-refractivity contribution in [2.45, 2.75) is 25.8 Å². The summed E-state index contributed by atoms with van der Waals surface area (Å²) < 4.78 is 0. The molecule has 0 saturated heterocycles. The Bertz CT molecular complexity index is 890. The van der Waals surface area contributed by atoms with Gasteiger partial charge in [-0.3, -0.25) is 9.78 Å². The predicted molar refractivity (Wildman–Crippen MR) is 103 cm³/mol. The summed E-state index contributed by atoms with van der Waals surface area (Å²) in [6.45, 7) is 2.07. The van der Waals surface area contributed by atoms with E-state index in [0.717, 1.165) is 39.9 Å². The van der Waals surface area contributed by atoms with Crippen LogP contribution in [0.3, 0.4) is 0 Å². The van der Waals surface area contributed by atoms with Crippen LogP contribution in [0.1, 0.15) is 31.4 Å². The Morgan fingerprint density at radius 1 is 1.15 bits per heavy atom. The molecule has 132 valence electrons. The second-order valence-electron chi connectivity index (χ2n) is 6.38. The summed E-state index contributed by atoms with van der Waals surface area (Å²) in [6, 6.07) is 13.7. The average molecular weight is 365 g/mol. The van der Waals surface area contributed by atoms with E-state index < -0.39 is 0 Å². The lowest BCUT2D eigenvalue weighted by Crippen LogP contribution is -2.13. The highest BCUT2D eigenvalue weighted by atomic mass is 32.1. The summed E-state index contributed by atoms with van der Waals surface area (Å²) in [6.07, 6.45) is 3.76. The molecule has 2 aromatic heterocycles. The zero-order valence-corrected chi connectivity index (χ0v) is 15.2. The first-order valence-electron chi connectivity index (χ1n) is 8.61. The van der Waals surface area contributed by atoms with Crippen molar-refractivity contribution in [1.29, 1.82) is 0 Å². The van der Waals surface area contributed by atoms with Gasteiger partial charge in [0.15, 0.2) is 5.01 Å². The summed E-state index contributed by atoms with van der Waals surface area (Å²) in [5.74, 6) is 0.334. The van der Waals surface area contributed by atoms with Crippen LogP contribution >= 0.6 is 11.3 Å². The summed E-state index contributed by atoms with van der Waals surface area (Å²) in [5.41, 5.74) is 2.77. The number of rotatable bonds is 6. The third-order valence-corrected chi connectivity index (χ3v) is 5.15. The molecule has 1 saturated carbocycles. The van der Waals surface area contributed by atoms with Crippen LogP contribution in [0.5, 0.6) is 0 Å². The Hall–Kier alpha value is -2.80. The lowest BCUT2D eigenvalue weighted by molar-refractivity contribution is -0.117. The average Bonchev–Trinajstić information content (AvgIpc) is 3.43. The fourth-order valence-electron chi connectivity index (χ4n) is 2.59. The number of carbonyl (C=O) groups is 1. The van der Waals surface area contributed by atoms with Crippen molar-refractivity contribution in [1.82, 2.24) is 15.2 Å². The van der Waals surface area contributed by atoms with Gasteiger partial charge in [-0.05, 0) is 49.6 Å². The van der Waals surface area contributed by atoms with Crippen LogP contribution < -0.4 is 10.6 Å². The summed E-state index contributed by atoms with van der Waals surface area (Å²) in [5, 5.41) is 16.3. The zero-order chi connectivity index (χ0) is 17.9. The van der Waals surface area contributed by atoms with E-state index in [1.54, 1.807) is 6.20 Å². The van der Waals surface area contributed by atoms with Gasteiger partial charge in [-0.2, -0.15) is 0 Å². The molecule has 1 aromatic carbocycles. The van der Waals surface area contributed by atoms with E-state index in [9.17, 15) is 4.79 Å². The number of anilines is 2. The minimum atomic E-state index is 0.0766. The van der Waals surface area contributed by atoms with Gasteiger partial charge in [0.05, 0.1) is 6.04 Å². The van der Waals surface area contributed by atoms with Crippen LogP contribution in [0.15, 0.2) is 48.7 Å². The van der Waals surface area contributed by atoms with Gasteiger partial charge < -0.3 is 10.6 Å². The van der Waals surface area contributed by atoms with Crippen molar-refractivity contribution in [2.24, 2.45) is 5.92 Å². The van der Waals surface area contributed by atoms with Crippen molar-refractivity contribution in [2.75, 3.05) is 10.6 Å². The summed E-state index contributed by atoms with van der Waals surface area (Å²) in [7, 11) is 0. The van der Waals surface area contributed by atoms with Gasteiger partial charge in [-0.25, -0.2) is 0 Å². The Labute approximate surface area is 155 Å². The molecular weight excluding hydrogens is 346 g/mol. The number of carbonyl (C=O) groups excluding carboxylic acids is 1. The quantitative estimate of drug-likeness (QED) is 0.687. The highest BCUT2D eigenvalue weighted by Gasteiger charge is 2.29. The van der Waals surface area contributed by atoms with Crippen LogP contribution in [0, 0.1) is 5.92 Å². The standard InChI is InChI=1S/C19H19N5OS/c1-12(13-7-9-15(10-8-13)22-17(25)14-5-6-14)21-19-24-23-18(26-19)16-4-2-3-11-20-16/h2-4,7-12,14H,5-6H2,1H3,(H,21,24)(H,22,25). The molecule has 4 rings (SSSR count). The molecule has 1 aliphatic rings.